The molecule has 0 saturated heterocycles. The van der Waals surface area contributed by atoms with Gasteiger partial charge in [0.15, 0.2) is 0 Å². The molecule has 0 fully saturated rings. The summed E-state index contributed by atoms with van der Waals surface area (Å²) in [5, 5.41) is 0. The van der Waals surface area contributed by atoms with Gasteiger partial charge >= 0.3 is 5.97 Å². The minimum Gasteiger partial charge on any atom is -0.426 e. The SMILES string of the molecule is O=C1Cc2cc(Br)ccc2O1. The van der Waals surface area contributed by atoms with Gasteiger partial charge in [-0.15, -0.1) is 0 Å². The molecule has 2 nitrogen and oxygen atoms in total. The first-order valence-electron chi connectivity index (χ1n) is 3.25. The fourth-order valence-corrected chi connectivity index (χ4v) is 1.51. The van der Waals surface area contributed by atoms with E-state index in [0.717, 1.165) is 10.0 Å². The molecule has 0 saturated carbocycles. The van der Waals surface area contributed by atoms with E-state index in [1.165, 1.54) is 0 Å². The van der Waals surface area contributed by atoms with E-state index >= 15 is 0 Å². The van der Waals surface area contributed by atoms with Crippen LogP contribution < -0.4 is 4.74 Å². The first kappa shape index (κ1) is 6.85. The van der Waals surface area contributed by atoms with Gasteiger partial charge in [-0.05, 0) is 18.2 Å². The third-order valence-corrected chi connectivity index (χ3v) is 2.07. The predicted molar refractivity (Wildman–Crippen MR) is 43.5 cm³/mol. The van der Waals surface area contributed by atoms with E-state index in [2.05, 4.69) is 15.9 Å². The molecule has 1 aromatic carbocycles. The van der Waals surface area contributed by atoms with E-state index in [9.17, 15) is 4.79 Å². The van der Waals surface area contributed by atoms with Crippen LogP contribution in [0.5, 0.6) is 5.75 Å². The molecule has 0 bridgehead atoms. The summed E-state index contributed by atoms with van der Waals surface area (Å²) in [7, 11) is 0. The van der Waals surface area contributed by atoms with Gasteiger partial charge in [-0.1, -0.05) is 15.9 Å². The maximum absolute atomic E-state index is 10.8. The summed E-state index contributed by atoms with van der Waals surface area (Å²) in [6.07, 6.45) is 0.398. The van der Waals surface area contributed by atoms with Crippen molar-refractivity contribution < 1.29 is 9.53 Å². The Kier molecular flexibility index (Phi) is 1.46. The molecule has 1 heterocycles. The molecule has 0 spiro atoms. The molecule has 0 aliphatic carbocycles. The van der Waals surface area contributed by atoms with Crippen LogP contribution in [0.15, 0.2) is 22.7 Å². The molecule has 0 aromatic heterocycles. The zero-order chi connectivity index (χ0) is 7.84. The number of carbonyl (C=O) groups excluding carboxylic acids is 1. The molecule has 1 aromatic rings. The van der Waals surface area contributed by atoms with Crippen molar-refractivity contribution in [2.75, 3.05) is 0 Å². The number of hydrogen-bond donors (Lipinski definition) is 0. The van der Waals surface area contributed by atoms with Gasteiger partial charge in [0.05, 0.1) is 6.42 Å². The van der Waals surface area contributed by atoms with Crippen molar-refractivity contribution in [2.24, 2.45) is 0 Å². The Morgan fingerprint density at radius 3 is 3.09 bits per heavy atom. The molecular weight excluding hydrogens is 208 g/mol. The molecule has 0 amide bonds. The zero-order valence-electron chi connectivity index (χ0n) is 5.63. The minimum absolute atomic E-state index is 0.168. The quantitative estimate of drug-likeness (QED) is 0.486. The summed E-state index contributed by atoms with van der Waals surface area (Å²) in [6.45, 7) is 0. The maximum atomic E-state index is 10.8. The van der Waals surface area contributed by atoms with Crippen LogP contribution in [-0.4, -0.2) is 5.97 Å². The summed E-state index contributed by atoms with van der Waals surface area (Å²) in [5.74, 6) is 0.524. The number of rotatable bonds is 0. The van der Waals surface area contributed by atoms with E-state index in [1.807, 2.05) is 12.1 Å². The average molecular weight is 213 g/mol. The lowest BCUT2D eigenvalue weighted by atomic mass is 10.2. The average Bonchev–Trinajstić information content (AvgIpc) is 2.27. The van der Waals surface area contributed by atoms with Gasteiger partial charge in [0.1, 0.15) is 5.75 Å². The van der Waals surface area contributed by atoms with Crippen LogP contribution in [0.25, 0.3) is 0 Å². The molecule has 2 rings (SSSR count). The second-order valence-electron chi connectivity index (χ2n) is 2.40. The molecule has 3 heteroatoms. The second-order valence-corrected chi connectivity index (χ2v) is 3.32. The molecule has 0 radical (unpaired) electrons. The van der Waals surface area contributed by atoms with E-state index in [4.69, 9.17) is 4.74 Å². The fourth-order valence-electron chi connectivity index (χ4n) is 1.10. The Balaban J connectivity index is 2.51. The molecule has 0 N–H and O–H groups in total. The van der Waals surface area contributed by atoms with Crippen LogP contribution in [0.3, 0.4) is 0 Å². The van der Waals surface area contributed by atoms with Crippen molar-refractivity contribution in [3.8, 4) is 5.75 Å². The highest BCUT2D eigenvalue weighted by Gasteiger charge is 2.19. The van der Waals surface area contributed by atoms with Crippen molar-refractivity contribution in [2.45, 2.75) is 6.42 Å². The fraction of sp³-hybridized carbons (Fsp3) is 0.125. The number of halogens is 1. The topological polar surface area (TPSA) is 26.3 Å². The van der Waals surface area contributed by atoms with Gasteiger partial charge < -0.3 is 4.74 Å². The van der Waals surface area contributed by atoms with E-state index in [-0.39, 0.29) is 5.97 Å². The smallest absolute Gasteiger partial charge is 0.315 e. The van der Waals surface area contributed by atoms with E-state index < -0.39 is 0 Å². The number of hydrogen-bond acceptors (Lipinski definition) is 2. The largest absolute Gasteiger partial charge is 0.426 e. The summed E-state index contributed by atoms with van der Waals surface area (Å²) in [6, 6.07) is 5.56. The highest BCUT2D eigenvalue weighted by atomic mass is 79.9. The third-order valence-electron chi connectivity index (χ3n) is 1.58. The van der Waals surface area contributed by atoms with Gasteiger partial charge in [-0.3, -0.25) is 4.79 Å². The molecule has 56 valence electrons. The van der Waals surface area contributed by atoms with Gasteiger partial charge in [0, 0.05) is 10.0 Å². The predicted octanol–water partition coefficient (Wildman–Crippen LogP) is 1.91. The third kappa shape index (κ3) is 1.16. The lowest BCUT2D eigenvalue weighted by Crippen LogP contribution is -1.99. The normalized spacial score (nSPS) is 14.5. The van der Waals surface area contributed by atoms with Crippen LogP contribution in [0, 0.1) is 0 Å². The molecule has 1 aliphatic heterocycles. The molecule has 1 aliphatic rings. The summed E-state index contributed by atoms with van der Waals surface area (Å²) in [4.78, 5) is 10.8. The first-order valence-corrected chi connectivity index (χ1v) is 4.04. The summed E-state index contributed by atoms with van der Waals surface area (Å²) < 4.78 is 5.88. The Morgan fingerprint density at radius 2 is 2.27 bits per heavy atom. The summed E-state index contributed by atoms with van der Waals surface area (Å²) in [5.41, 5.74) is 0.962. The van der Waals surface area contributed by atoms with Crippen molar-refractivity contribution in [1.29, 1.82) is 0 Å². The zero-order valence-corrected chi connectivity index (χ0v) is 7.22. The molecule has 0 atom stereocenters. The van der Waals surface area contributed by atoms with Crippen LogP contribution in [0.2, 0.25) is 0 Å². The Bertz CT molecular complexity index is 320. The Hall–Kier alpha value is -0.830. The number of esters is 1. The number of benzene rings is 1. The van der Waals surface area contributed by atoms with Crippen molar-refractivity contribution in [3.63, 3.8) is 0 Å². The number of carbonyl (C=O) groups is 1. The van der Waals surface area contributed by atoms with Gasteiger partial charge in [0.25, 0.3) is 0 Å². The lowest BCUT2D eigenvalue weighted by molar-refractivity contribution is -0.131. The number of fused-ring (bicyclic) bond motifs is 1. The molecule has 0 unspecified atom stereocenters. The summed E-state index contributed by atoms with van der Waals surface area (Å²) >= 11 is 3.32. The minimum atomic E-state index is -0.168. The van der Waals surface area contributed by atoms with Gasteiger partial charge in [0.2, 0.25) is 0 Å². The Morgan fingerprint density at radius 1 is 1.45 bits per heavy atom. The van der Waals surface area contributed by atoms with Crippen molar-refractivity contribution in [3.05, 3.63) is 28.2 Å². The highest BCUT2D eigenvalue weighted by molar-refractivity contribution is 9.10. The maximum Gasteiger partial charge on any atom is 0.315 e. The first-order chi connectivity index (χ1) is 5.25. The van der Waals surface area contributed by atoms with Crippen LogP contribution in [0.4, 0.5) is 0 Å². The van der Waals surface area contributed by atoms with E-state index in [0.29, 0.717) is 12.2 Å². The van der Waals surface area contributed by atoms with Crippen LogP contribution in [0.1, 0.15) is 5.56 Å². The Labute approximate surface area is 72.3 Å². The molecule has 11 heavy (non-hydrogen) atoms. The standard InChI is InChI=1S/C8H5BrO2/c9-6-1-2-7-5(3-6)4-8(10)11-7/h1-3H,4H2. The lowest BCUT2D eigenvalue weighted by Gasteiger charge is -1.95. The number of ether oxygens (including phenoxy) is 1. The molecular formula is C8H5BrO2. The van der Waals surface area contributed by atoms with Gasteiger partial charge in [-0.2, -0.15) is 0 Å². The van der Waals surface area contributed by atoms with Crippen LogP contribution in [-0.2, 0) is 11.2 Å². The van der Waals surface area contributed by atoms with Gasteiger partial charge in [-0.25, -0.2) is 0 Å². The second kappa shape index (κ2) is 2.34. The van der Waals surface area contributed by atoms with E-state index in [1.54, 1.807) is 6.07 Å². The van der Waals surface area contributed by atoms with Crippen LogP contribution >= 0.6 is 15.9 Å². The van der Waals surface area contributed by atoms with Crippen molar-refractivity contribution in [1.82, 2.24) is 0 Å². The van der Waals surface area contributed by atoms with Crippen molar-refractivity contribution >= 4 is 21.9 Å². The highest BCUT2D eigenvalue weighted by Crippen LogP contribution is 2.28. The monoisotopic (exact) mass is 212 g/mol.